The van der Waals surface area contributed by atoms with Crippen molar-refractivity contribution < 1.29 is 0 Å². The van der Waals surface area contributed by atoms with Crippen LogP contribution in [0.5, 0.6) is 0 Å². The number of hydrogen-bond acceptors (Lipinski definition) is 2. The molecule has 1 aliphatic rings. The molecule has 2 nitrogen and oxygen atoms in total. The highest BCUT2D eigenvalue weighted by molar-refractivity contribution is 9.11. The van der Waals surface area contributed by atoms with Gasteiger partial charge in [-0.05, 0) is 42.5 Å². The molecule has 0 aliphatic carbocycles. The Bertz CT molecular complexity index is 428. The van der Waals surface area contributed by atoms with E-state index in [-0.39, 0.29) is 0 Å². The molecule has 0 saturated carbocycles. The van der Waals surface area contributed by atoms with Gasteiger partial charge in [-0.1, -0.05) is 45.7 Å². The monoisotopic (exact) mass is 402 g/mol. The molecular weight excluding hydrogens is 380 g/mol. The molecule has 112 valence electrons. The van der Waals surface area contributed by atoms with Crippen LogP contribution >= 0.6 is 31.9 Å². The topological polar surface area (TPSA) is 15.3 Å². The largest absolute Gasteiger partial charge is 0.314 e. The molecule has 1 aromatic rings. The van der Waals surface area contributed by atoms with Gasteiger partial charge in [0.1, 0.15) is 0 Å². The Labute approximate surface area is 139 Å². The molecule has 1 saturated heterocycles. The third kappa shape index (κ3) is 4.55. The van der Waals surface area contributed by atoms with Crippen LogP contribution in [0.2, 0.25) is 0 Å². The zero-order valence-corrected chi connectivity index (χ0v) is 15.5. The van der Waals surface area contributed by atoms with Crippen molar-refractivity contribution in [1.29, 1.82) is 0 Å². The minimum absolute atomic E-state index is 0.520. The van der Waals surface area contributed by atoms with E-state index in [1.165, 1.54) is 27.4 Å². The number of nitrogens with one attached hydrogen (secondary N) is 1. The first kappa shape index (κ1) is 16.5. The highest BCUT2D eigenvalue weighted by Gasteiger charge is 2.24. The quantitative estimate of drug-likeness (QED) is 0.772. The number of benzene rings is 1. The first-order valence-corrected chi connectivity index (χ1v) is 9.06. The zero-order chi connectivity index (χ0) is 14.5. The Morgan fingerprint density at radius 2 is 1.85 bits per heavy atom. The second-order valence-electron chi connectivity index (χ2n) is 5.94. The fraction of sp³-hybridized carbons (Fsp3) is 0.625. The van der Waals surface area contributed by atoms with E-state index in [1.807, 2.05) is 0 Å². The van der Waals surface area contributed by atoms with E-state index in [1.54, 1.807) is 0 Å². The molecule has 1 atom stereocenters. The summed E-state index contributed by atoms with van der Waals surface area (Å²) in [6.07, 6.45) is 2.50. The van der Waals surface area contributed by atoms with Gasteiger partial charge in [0, 0.05) is 41.2 Å². The van der Waals surface area contributed by atoms with Crippen molar-refractivity contribution in [2.24, 2.45) is 5.92 Å². The van der Waals surface area contributed by atoms with Gasteiger partial charge < -0.3 is 5.32 Å². The predicted octanol–water partition coefficient (Wildman–Crippen LogP) is 4.59. The molecule has 1 fully saturated rings. The summed E-state index contributed by atoms with van der Waals surface area (Å²) in [5, 5.41) is 3.45. The summed E-state index contributed by atoms with van der Waals surface area (Å²) in [4.78, 5) is 2.63. The number of halogens is 2. The smallest absolute Gasteiger partial charge is 0.0360 e. The van der Waals surface area contributed by atoms with Gasteiger partial charge in [-0.2, -0.15) is 0 Å². The second-order valence-corrected chi connectivity index (χ2v) is 7.71. The van der Waals surface area contributed by atoms with Crippen molar-refractivity contribution in [3.05, 3.63) is 32.7 Å². The minimum Gasteiger partial charge on any atom is -0.314 e. The zero-order valence-electron chi connectivity index (χ0n) is 12.3. The maximum absolute atomic E-state index is 3.74. The molecule has 1 aliphatic heterocycles. The summed E-state index contributed by atoms with van der Waals surface area (Å²) in [6, 6.07) is 7.05. The molecule has 0 aromatic heterocycles. The molecule has 0 spiro atoms. The van der Waals surface area contributed by atoms with Gasteiger partial charge in [-0.15, -0.1) is 0 Å². The number of rotatable bonds is 5. The lowest BCUT2D eigenvalue weighted by molar-refractivity contribution is 0.159. The van der Waals surface area contributed by atoms with E-state index in [9.17, 15) is 0 Å². The highest BCUT2D eigenvalue weighted by Crippen LogP contribution is 2.34. The summed E-state index contributed by atoms with van der Waals surface area (Å²) in [5.41, 5.74) is 1.42. The summed E-state index contributed by atoms with van der Waals surface area (Å²) in [7, 11) is 0. The van der Waals surface area contributed by atoms with Gasteiger partial charge in [0.05, 0.1) is 0 Å². The minimum atomic E-state index is 0.520. The maximum Gasteiger partial charge on any atom is 0.0360 e. The first-order valence-electron chi connectivity index (χ1n) is 7.47. The van der Waals surface area contributed by atoms with Crippen LogP contribution in [0.15, 0.2) is 27.1 Å². The van der Waals surface area contributed by atoms with Crippen LogP contribution in [0, 0.1) is 5.92 Å². The van der Waals surface area contributed by atoms with E-state index < -0.39 is 0 Å². The van der Waals surface area contributed by atoms with Crippen molar-refractivity contribution in [2.45, 2.75) is 32.7 Å². The summed E-state index contributed by atoms with van der Waals surface area (Å²) in [5.74, 6) is 0.756. The molecule has 0 amide bonds. The number of nitrogens with zero attached hydrogens (tertiary/aromatic N) is 1. The third-order valence-electron chi connectivity index (χ3n) is 3.93. The van der Waals surface area contributed by atoms with Gasteiger partial charge in [0.2, 0.25) is 0 Å². The third-order valence-corrected chi connectivity index (χ3v) is 5.14. The maximum atomic E-state index is 3.74. The number of piperazine rings is 1. The van der Waals surface area contributed by atoms with Crippen LogP contribution < -0.4 is 5.32 Å². The van der Waals surface area contributed by atoms with E-state index in [2.05, 4.69) is 74.1 Å². The molecule has 2 rings (SSSR count). The average molecular weight is 404 g/mol. The molecule has 0 unspecified atom stereocenters. The Morgan fingerprint density at radius 3 is 2.50 bits per heavy atom. The second kappa shape index (κ2) is 7.92. The van der Waals surface area contributed by atoms with Gasteiger partial charge in [0.15, 0.2) is 0 Å². The van der Waals surface area contributed by atoms with Crippen LogP contribution in [-0.2, 0) is 0 Å². The molecule has 20 heavy (non-hydrogen) atoms. The Kier molecular flexibility index (Phi) is 6.53. The van der Waals surface area contributed by atoms with Crippen molar-refractivity contribution in [1.82, 2.24) is 10.2 Å². The average Bonchev–Trinajstić information content (AvgIpc) is 2.43. The van der Waals surface area contributed by atoms with Crippen molar-refractivity contribution in [3.8, 4) is 0 Å². The lowest BCUT2D eigenvalue weighted by Gasteiger charge is -2.36. The van der Waals surface area contributed by atoms with Crippen LogP contribution in [0.1, 0.15) is 38.3 Å². The van der Waals surface area contributed by atoms with Crippen molar-refractivity contribution in [2.75, 3.05) is 26.2 Å². The first-order chi connectivity index (χ1) is 9.58. The normalized spacial score (nSPS) is 18.4. The SMILES string of the molecule is CC(C)CC[C@@H](c1cc(Br)ccc1Br)N1CCNCC1. The van der Waals surface area contributed by atoms with Gasteiger partial charge in [-0.25, -0.2) is 0 Å². The summed E-state index contributed by atoms with van der Waals surface area (Å²) in [6.45, 7) is 9.10. The van der Waals surface area contributed by atoms with E-state index in [4.69, 9.17) is 0 Å². The predicted molar refractivity (Wildman–Crippen MR) is 93.1 cm³/mol. The fourth-order valence-corrected chi connectivity index (χ4v) is 3.68. The Morgan fingerprint density at radius 1 is 1.15 bits per heavy atom. The molecule has 0 radical (unpaired) electrons. The summed E-state index contributed by atoms with van der Waals surface area (Å²) < 4.78 is 2.40. The number of hydrogen-bond donors (Lipinski definition) is 1. The van der Waals surface area contributed by atoms with Crippen LogP contribution in [0.25, 0.3) is 0 Å². The lowest BCUT2D eigenvalue weighted by atomic mass is 9.96. The van der Waals surface area contributed by atoms with Crippen LogP contribution in [0.3, 0.4) is 0 Å². The van der Waals surface area contributed by atoms with Crippen LogP contribution in [0.4, 0.5) is 0 Å². The fourth-order valence-electron chi connectivity index (χ4n) is 2.79. The molecule has 1 N–H and O–H groups in total. The van der Waals surface area contributed by atoms with Crippen molar-refractivity contribution in [3.63, 3.8) is 0 Å². The van der Waals surface area contributed by atoms with E-state index in [0.29, 0.717) is 6.04 Å². The molecular formula is C16H24Br2N2. The van der Waals surface area contributed by atoms with Crippen molar-refractivity contribution >= 4 is 31.9 Å². The highest BCUT2D eigenvalue weighted by atomic mass is 79.9. The molecule has 0 bridgehead atoms. The molecule has 1 heterocycles. The molecule has 4 heteroatoms. The van der Waals surface area contributed by atoms with Gasteiger partial charge >= 0.3 is 0 Å². The lowest BCUT2D eigenvalue weighted by Crippen LogP contribution is -2.45. The Balaban J connectivity index is 2.21. The molecule has 1 aromatic carbocycles. The van der Waals surface area contributed by atoms with Gasteiger partial charge in [-0.3, -0.25) is 4.90 Å². The summed E-state index contributed by atoms with van der Waals surface area (Å²) >= 11 is 7.36. The van der Waals surface area contributed by atoms with Gasteiger partial charge in [0.25, 0.3) is 0 Å². The standard InChI is InChI=1S/C16H24Br2N2/c1-12(2)3-6-16(20-9-7-19-8-10-20)14-11-13(17)4-5-15(14)18/h4-5,11-12,16,19H,3,6-10H2,1-2H3/t16-/m0/s1. The van der Waals surface area contributed by atoms with E-state index >= 15 is 0 Å². The van der Waals surface area contributed by atoms with E-state index in [0.717, 1.165) is 32.1 Å². The van der Waals surface area contributed by atoms with Crippen LogP contribution in [-0.4, -0.2) is 31.1 Å². The Hall–Kier alpha value is 0.1000.